The zero-order chi connectivity index (χ0) is 20.2. The maximum atomic E-state index is 12.6. The van der Waals surface area contributed by atoms with Crippen LogP contribution in [0, 0.1) is 0 Å². The molecule has 0 radical (unpaired) electrons. The van der Waals surface area contributed by atoms with Crippen LogP contribution in [-0.4, -0.2) is 47.6 Å². The Kier molecular flexibility index (Phi) is 4.01. The molecule has 6 rings (SSSR count). The van der Waals surface area contributed by atoms with E-state index in [-0.39, 0.29) is 18.8 Å². The number of rotatable bonds is 3. The zero-order valence-corrected chi connectivity index (χ0v) is 16.2. The fourth-order valence-electron chi connectivity index (χ4n) is 5.18. The van der Waals surface area contributed by atoms with E-state index < -0.39 is 18.2 Å². The molecular weight excluding hydrogens is 386 g/mol. The molecule has 1 aromatic carbocycles. The molecule has 4 heterocycles. The second-order valence-corrected chi connectivity index (χ2v) is 8.08. The van der Waals surface area contributed by atoms with E-state index in [0.29, 0.717) is 11.5 Å². The van der Waals surface area contributed by atoms with Crippen molar-refractivity contribution in [1.82, 2.24) is 4.90 Å². The number of aliphatic hydroxyl groups excluding tert-OH is 1. The summed E-state index contributed by atoms with van der Waals surface area (Å²) < 4.78 is 22.2. The summed E-state index contributed by atoms with van der Waals surface area (Å²) in [5.41, 5.74) is 3.40. The maximum Gasteiger partial charge on any atom is 0.331 e. The first kappa shape index (κ1) is 17.8. The monoisotopic (exact) mass is 407 g/mol. The molecule has 0 amide bonds. The SMILES string of the molecule is O=C(/C=C/c1ccco1)O[C@H]1C2c3cc4c(cc3CN3CCC(=C[C@@H]1O)C23)OCO4. The topological polar surface area (TPSA) is 81.4 Å². The molecule has 1 N–H and O–H groups in total. The molecule has 4 atom stereocenters. The summed E-state index contributed by atoms with van der Waals surface area (Å²) in [6.07, 6.45) is 5.67. The Morgan fingerprint density at radius 2 is 2.13 bits per heavy atom. The highest BCUT2D eigenvalue weighted by atomic mass is 16.7. The van der Waals surface area contributed by atoms with Crippen molar-refractivity contribution in [2.75, 3.05) is 13.3 Å². The highest BCUT2D eigenvalue weighted by Crippen LogP contribution is 2.50. The van der Waals surface area contributed by atoms with E-state index in [0.717, 1.165) is 36.4 Å². The van der Waals surface area contributed by atoms with Crippen LogP contribution in [0.15, 0.2) is 52.7 Å². The van der Waals surface area contributed by atoms with Crippen LogP contribution in [-0.2, 0) is 16.1 Å². The van der Waals surface area contributed by atoms with Crippen molar-refractivity contribution < 1.29 is 28.5 Å². The Bertz CT molecular complexity index is 1060. The Morgan fingerprint density at radius 1 is 1.27 bits per heavy atom. The second kappa shape index (κ2) is 6.75. The predicted octanol–water partition coefficient (Wildman–Crippen LogP) is 2.61. The third kappa shape index (κ3) is 2.77. The maximum absolute atomic E-state index is 12.6. The Morgan fingerprint density at radius 3 is 2.97 bits per heavy atom. The summed E-state index contributed by atoms with van der Waals surface area (Å²) >= 11 is 0. The van der Waals surface area contributed by atoms with Crippen LogP contribution >= 0.6 is 0 Å². The Balaban J connectivity index is 1.36. The molecule has 0 spiro atoms. The lowest BCUT2D eigenvalue weighted by Gasteiger charge is -2.45. The molecule has 3 aliphatic heterocycles. The van der Waals surface area contributed by atoms with Gasteiger partial charge in [-0.1, -0.05) is 11.6 Å². The van der Waals surface area contributed by atoms with Crippen LogP contribution in [0.5, 0.6) is 11.5 Å². The number of carbonyl (C=O) groups is 1. The van der Waals surface area contributed by atoms with Gasteiger partial charge in [-0.05, 0) is 47.9 Å². The number of hydrogen-bond donors (Lipinski definition) is 1. The molecule has 1 aromatic heterocycles. The highest BCUT2D eigenvalue weighted by Gasteiger charge is 2.50. The van der Waals surface area contributed by atoms with E-state index in [1.807, 2.05) is 18.2 Å². The van der Waals surface area contributed by atoms with E-state index >= 15 is 0 Å². The van der Waals surface area contributed by atoms with Gasteiger partial charge in [0.05, 0.1) is 6.26 Å². The number of ether oxygens (including phenoxy) is 3. The molecule has 7 heteroatoms. The normalized spacial score (nSPS) is 28.9. The van der Waals surface area contributed by atoms with Crippen LogP contribution < -0.4 is 9.47 Å². The molecule has 30 heavy (non-hydrogen) atoms. The number of nitrogens with zero attached hydrogens (tertiary/aromatic N) is 1. The van der Waals surface area contributed by atoms with Gasteiger partial charge in [0.1, 0.15) is 18.0 Å². The molecule has 1 aliphatic carbocycles. The first-order valence-corrected chi connectivity index (χ1v) is 10.1. The fourth-order valence-corrected chi connectivity index (χ4v) is 5.18. The molecule has 1 fully saturated rings. The highest BCUT2D eigenvalue weighted by molar-refractivity contribution is 5.86. The van der Waals surface area contributed by atoms with Gasteiger partial charge in [0, 0.05) is 31.1 Å². The smallest absolute Gasteiger partial charge is 0.331 e. The van der Waals surface area contributed by atoms with Gasteiger partial charge >= 0.3 is 5.97 Å². The third-order valence-electron chi connectivity index (χ3n) is 6.42. The minimum Gasteiger partial charge on any atom is -0.465 e. The van der Waals surface area contributed by atoms with Gasteiger partial charge < -0.3 is 23.7 Å². The minimum atomic E-state index is -0.862. The van der Waals surface area contributed by atoms with Crippen LogP contribution in [0.3, 0.4) is 0 Å². The van der Waals surface area contributed by atoms with Crippen LogP contribution in [0.25, 0.3) is 6.08 Å². The standard InChI is InChI=1S/C23H21NO6/c25-17-8-13-5-6-24-11-14-9-18-19(29-12-28-18)10-16(14)21(22(13)24)23(17)30-20(26)4-3-15-2-1-7-27-15/h1-4,7-10,17,21-23,25H,5-6,11-12H2/b4-3+/t17-,21?,22?,23+/m0/s1. The number of esters is 1. The lowest BCUT2D eigenvalue weighted by atomic mass is 9.73. The quantitative estimate of drug-likeness (QED) is 0.476. The molecule has 2 unspecified atom stereocenters. The number of aliphatic hydroxyl groups is 1. The zero-order valence-electron chi connectivity index (χ0n) is 16.2. The van der Waals surface area contributed by atoms with Gasteiger partial charge in [0.2, 0.25) is 6.79 Å². The molecule has 1 saturated heterocycles. The van der Waals surface area contributed by atoms with Gasteiger partial charge in [-0.2, -0.15) is 0 Å². The summed E-state index contributed by atoms with van der Waals surface area (Å²) in [4.78, 5) is 15.0. The van der Waals surface area contributed by atoms with Crippen molar-refractivity contribution in [1.29, 1.82) is 0 Å². The van der Waals surface area contributed by atoms with Crippen molar-refractivity contribution in [2.24, 2.45) is 0 Å². The second-order valence-electron chi connectivity index (χ2n) is 8.08. The summed E-state index contributed by atoms with van der Waals surface area (Å²) in [6, 6.07) is 7.64. The third-order valence-corrected chi connectivity index (χ3v) is 6.42. The van der Waals surface area contributed by atoms with E-state index in [9.17, 15) is 9.90 Å². The van der Waals surface area contributed by atoms with E-state index in [4.69, 9.17) is 18.6 Å². The van der Waals surface area contributed by atoms with Crippen LogP contribution in [0.2, 0.25) is 0 Å². The molecule has 154 valence electrons. The van der Waals surface area contributed by atoms with Crippen molar-refractivity contribution in [3.05, 3.63) is 65.1 Å². The van der Waals surface area contributed by atoms with Gasteiger partial charge in [0.25, 0.3) is 0 Å². The summed E-state index contributed by atoms with van der Waals surface area (Å²) in [6.45, 7) is 1.94. The molecule has 7 nitrogen and oxygen atoms in total. The first-order valence-electron chi connectivity index (χ1n) is 10.1. The number of hydrogen-bond acceptors (Lipinski definition) is 7. The van der Waals surface area contributed by atoms with Gasteiger partial charge in [0.15, 0.2) is 11.5 Å². The van der Waals surface area contributed by atoms with Crippen molar-refractivity contribution in [3.63, 3.8) is 0 Å². The Labute approximate surface area is 173 Å². The van der Waals surface area contributed by atoms with Crippen molar-refractivity contribution >= 4 is 12.0 Å². The first-order chi connectivity index (χ1) is 14.7. The number of furan rings is 1. The summed E-state index contributed by atoms with van der Waals surface area (Å²) in [7, 11) is 0. The lowest BCUT2D eigenvalue weighted by Crippen LogP contribution is -2.51. The molecule has 0 saturated carbocycles. The lowest BCUT2D eigenvalue weighted by molar-refractivity contribution is -0.150. The van der Waals surface area contributed by atoms with E-state index in [1.54, 1.807) is 24.5 Å². The summed E-state index contributed by atoms with van der Waals surface area (Å²) in [5.74, 6) is 1.34. The van der Waals surface area contributed by atoms with E-state index in [1.165, 1.54) is 11.6 Å². The average Bonchev–Trinajstić information content (AvgIpc) is 3.48. The number of fused-ring (bicyclic) bond motifs is 3. The van der Waals surface area contributed by atoms with Crippen molar-refractivity contribution in [3.8, 4) is 11.5 Å². The van der Waals surface area contributed by atoms with Crippen LogP contribution in [0.1, 0.15) is 29.2 Å². The minimum absolute atomic E-state index is 0.119. The largest absolute Gasteiger partial charge is 0.465 e. The van der Waals surface area contributed by atoms with Crippen molar-refractivity contribution in [2.45, 2.75) is 37.1 Å². The van der Waals surface area contributed by atoms with Gasteiger partial charge in [-0.25, -0.2) is 4.79 Å². The predicted molar refractivity (Wildman–Crippen MR) is 106 cm³/mol. The molecule has 0 bridgehead atoms. The van der Waals surface area contributed by atoms with Crippen LogP contribution in [0.4, 0.5) is 0 Å². The van der Waals surface area contributed by atoms with Gasteiger partial charge in [-0.3, -0.25) is 4.90 Å². The average molecular weight is 407 g/mol. The fraction of sp³-hybridized carbons (Fsp3) is 0.348. The Hall–Kier alpha value is -3.03. The summed E-state index contributed by atoms with van der Waals surface area (Å²) in [5, 5.41) is 10.9. The number of benzene rings is 1. The molecule has 2 aromatic rings. The molecule has 4 aliphatic rings. The van der Waals surface area contributed by atoms with Gasteiger partial charge in [-0.15, -0.1) is 0 Å². The van der Waals surface area contributed by atoms with E-state index in [2.05, 4.69) is 4.90 Å². The molecular formula is C23H21NO6. The number of carbonyl (C=O) groups excluding carboxylic acids is 1.